The number of ether oxygens (including phenoxy) is 1. The number of benzene rings is 1. The predicted molar refractivity (Wildman–Crippen MR) is 79.6 cm³/mol. The number of hydrogen-bond donors (Lipinski definition) is 1. The maximum atomic E-state index is 12.4. The third-order valence-corrected chi connectivity index (χ3v) is 3.55. The molecular weight excluding hydrogens is 268 g/mol. The first-order valence-electron chi connectivity index (χ1n) is 7.27. The van der Waals surface area contributed by atoms with Crippen molar-refractivity contribution < 1.29 is 14.3 Å². The Bertz CT molecular complexity index is 490. The largest absolute Gasteiger partial charge is 0.375 e. The molecule has 1 saturated heterocycles. The highest BCUT2D eigenvalue weighted by Crippen LogP contribution is 2.18. The number of nitrogens with one attached hydrogen (secondary N) is 1. The minimum Gasteiger partial charge on any atom is -0.375 e. The van der Waals surface area contributed by atoms with Crippen molar-refractivity contribution >= 4 is 11.8 Å². The zero-order valence-electron chi connectivity index (χ0n) is 12.5. The Hall–Kier alpha value is -1.88. The number of hydrogen-bond acceptors (Lipinski definition) is 3. The van der Waals surface area contributed by atoms with Gasteiger partial charge in [-0.15, -0.1) is 0 Å². The normalized spacial score (nSPS) is 19.9. The number of morpholine rings is 1. The predicted octanol–water partition coefficient (Wildman–Crippen LogP) is 1.50. The van der Waals surface area contributed by atoms with E-state index in [4.69, 9.17) is 4.74 Å². The quantitative estimate of drug-likeness (QED) is 0.914. The van der Waals surface area contributed by atoms with Gasteiger partial charge < -0.3 is 15.0 Å². The van der Waals surface area contributed by atoms with Gasteiger partial charge in [0.05, 0.1) is 25.2 Å². The lowest BCUT2D eigenvalue weighted by Gasteiger charge is -2.32. The van der Waals surface area contributed by atoms with Crippen LogP contribution in [0.4, 0.5) is 0 Å². The second-order valence-electron chi connectivity index (χ2n) is 5.39. The monoisotopic (exact) mass is 290 g/mol. The van der Waals surface area contributed by atoms with Crippen molar-refractivity contribution in [3.05, 3.63) is 35.9 Å². The molecule has 1 aromatic rings. The van der Waals surface area contributed by atoms with Crippen LogP contribution >= 0.6 is 0 Å². The summed E-state index contributed by atoms with van der Waals surface area (Å²) in [4.78, 5) is 25.6. The van der Waals surface area contributed by atoms with Crippen LogP contribution in [0.2, 0.25) is 0 Å². The van der Waals surface area contributed by atoms with E-state index in [1.807, 2.05) is 42.2 Å². The van der Waals surface area contributed by atoms with E-state index in [0.29, 0.717) is 19.7 Å². The molecular formula is C16H22N2O3. The van der Waals surface area contributed by atoms with E-state index in [2.05, 4.69) is 5.32 Å². The van der Waals surface area contributed by atoms with E-state index >= 15 is 0 Å². The van der Waals surface area contributed by atoms with Crippen LogP contribution < -0.4 is 5.32 Å². The smallest absolute Gasteiger partial charge is 0.225 e. The van der Waals surface area contributed by atoms with Crippen LogP contribution in [0.1, 0.15) is 31.9 Å². The number of nitrogens with zero attached hydrogens (tertiary/aromatic N) is 1. The summed E-state index contributed by atoms with van der Waals surface area (Å²) in [7, 11) is 0. The van der Waals surface area contributed by atoms with Gasteiger partial charge in [-0.25, -0.2) is 0 Å². The second kappa shape index (κ2) is 7.22. The zero-order chi connectivity index (χ0) is 15.2. The molecule has 1 aliphatic rings. The van der Waals surface area contributed by atoms with Crippen molar-refractivity contribution in [1.29, 1.82) is 0 Å². The average molecular weight is 290 g/mol. The average Bonchev–Trinajstić information content (AvgIpc) is 2.47. The molecule has 1 heterocycles. The van der Waals surface area contributed by atoms with Gasteiger partial charge in [-0.1, -0.05) is 30.3 Å². The molecule has 0 aromatic heterocycles. The first kappa shape index (κ1) is 15.5. The van der Waals surface area contributed by atoms with Crippen LogP contribution in [-0.2, 0) is 14.3 Å². The van der Waals surface area contributed by atoms with E-state index < -0.39 is 0 Å². The van der Waals surface area contributed by atoms with Crippen molar-refractivity contribution in [2.45, 2.75) is 32.4 Å². The third kappa shape index (κ3) is 4.56. The summed E-state index contributed by atoms with van der Waals surface area (Å²) in [5.41, 5.74) is 0.947. The van der Waals surface area contributed by atoms with Crippen molar-refractivity contribution in [2.24, 2.45) is 0 Å². The van der Waals surface area contributed by atoms with Crippen molar-refractivity contribution in [3.8, 4) is 0 Å². The highest BCUT2D eigenvalue weighted by atomic mass is 16.5. The number of carbonyl (C=O) groups is 2. The maximum Gasteiger partial charge on any atom is 0.225 e. The van der Waals surface area contributed by atoms with Crippen LogP contribution in [0.15, 0.2) is 30.3 Å². The molecule has 5 nitrogen and oxygen atoms in total. The Balaban J connectivity index is 2.04. The Morgan fingerprint density at radius 3 is 2.71 bits per heavy atom. The molecule has 1 N–H and O–H groups in total. The fourth-order valence-electron chi connectivity index (χ4n) is 2.53. The molecule has 5 heteroatoms. The second-order valence-corrected chi connectivity index (χ2v) is 5.39. The molecule has 0 radical (unpaired) electrons. The molecule has 0 aliphatic carbocycles. The minimum atomic E-state index is -0.283. The molecule has 0 spiro atoms. The number of rotatable bonds is 4. The lowest BCUT2D eigenvalue weighted by Crippen LogP contribution is -2.45. The zero-order valence-corrected chi connectivity index (χ0v) is 12.5. The van der Waals surface area contributed by atoms with Crippen LogP contribution in [0.3, 0.4) is 0 Å². The Morgan fingerprint density at radius 1 is 1.38 bits per heavy atom. The molecule has 21 heavy (non-hydrogen) atoms. The van der Waals surface area contributed by atoms with Gasteiger partial charge in [0.15, 0.2) is 0 Å². The topological polar surface area (TPSA) is 58.6 Å². The van der Waals surface area contributed by atoms with Gasteiger partial charge in [0.2, 0.25) is 11.8 Å². The SMILES string of the molecule is CC(=O)N[C@H](CC(=O)N1CCO[C@@H](C)C1)c1ccccc1. The minimum absolute atomic E-state index is 0.0488. The molecule has 0 bridgehead atoms. The molecule has 114 valence electrons. The van der Waals surface area contributed by atoms with Gasteiger partial charge in [-0.05, 0) is 12.5 Å². The van der Waals surface area contributed by atoms with Crippen molar-refractivity contribution in [1.82, 2.24) is 10.2 Å². The summed E-state index contributed by atoms with van der Waals surface area (Å²) >= 11 is 0. The summed E-state index contributed by atoms with van der Waals surface area (Å²) in [6, 6.07) is 9.30. The van der Waals surface area contributed by atoms with E-state index in [9.17, 15) is 9.59 Å². The first-order valence-corrected chi connectivity index (χ1v) is 7.27. The Kier molecular flexibility index (Phi) is 5.33. The van der Waals surface area contributed by atoms with E-state index in [1.54, 1.807) is 0 Å². The van der Waals surface area contributed by atoms with Gasteiger partial charge in [-0.2, -0.15) is 0 Å². The fraction of sp³-hybridized carbons (Fsp3) is 0.500. The summed E-state index contributed by atoms with van der Waals surface area (Å²) < 4.78 is 5.45. The van der Waals surface area contributed by atoms with Gasteiger partial charge in [0.25, 0.3) is 0 Å². The van der Waals surface area contributed by atoms with Crippen molar-refractivity contribution in [2.75, 3.05) is 19.7 Å². The Labute approximate surface area is 125 Å². The molecule has 2 rings (SSSR count). The van der Waals surface area contributed by atoms with Gasteiger partial charge in [0.1, 0.15) is 0 Å². The fourth-order valence-corrected chi connectivity index (χ4v) is 2.53. The lowest BCUT2D eigenvalue weighted by atomic mass is 10.0. The number of amides is 2. The van der Waals surface area contributed by atoms with Crippen molar-refractivity contribution in [3.63, 3.8) is 0 Å². The van der Waals surface area contributed by atoms with Gasteiger partial charge in [-0.3, -0.25) is 9.59 Å². The highest BCUT2D eigenvalue weighted by Gasteiger charge is 2.25. The molecule has 1 aromatic carbocycles. The van der Waals surface area contributed by atoms with Gasteiger partial charge >= 0.3 is 0 Å². The van der Waals surface area contributed by atoms with E-state index in [1.165, 1.54) is 6.92 Å². The molecule has 0 saturated carbocycles. The standard InChI is InChI=1S/C16H22N2O3/c1-12-11-18(8-9-21-12)16(20)10-15(17-13(2)19)14-6-4-3-5-7-14/h3-7,12,15H,8-11H2,1-2H3,(H,17,19)/t12-,15+/m0/s1. The van der Waals surface area contributed by atoms with Crippen LogP contribution in [0.25, 0.3) is 0 Å². The number of carbonyl (C=O) groups excluding carboxylic acids is 2. The molecule has 2 atom stereocenters. The summed E-state index contributed by atoms with van der Waals surface area (Å²) in [6.45, 7) is 5.23. The molecule has 0 unspecified atom stereocenters. The molecule has 1 aliphatic heterocycles. The maximum absolute atomic E-state index is 12.4. The summed E-state index contributed by atoms with van der Waals surface area (Å²) in [5, 5.41) is 2.86. The highest BCUT2D eigenvalue weighted by molar-refractivity contribution is 5.79. The molecule has 1 fully saturated rings. The first-order chi connectivity index (χ1) is 10.1. The summed E-state index contributed by atoms with van der Waals surface area (Å²) in [6.07, 6.45) is 0.342. The Morgan fingerprint density at radius 2 is 2.10 bits per heavy atom. The van der Waals surface area contributed by atoms with Crippen LogP contribution in [0, 0.1) is 0 Å². The third-order valence-electron chi connectivity index (χ3n) is 3.55. The van der Waals surface area contributed by atoms with Gasteiger partial charge in [0, 0.05) is 20.0 Å². The van der Waals surface area contributed by atoms with Crippen LogP contribution in [-0.4, -0.2) is 42.5 Å². The van der Waals surface area contributed by atoms with E-state index in [0.717, 1.165) is 5.56 Å². The summed E-state index contributed by atoms with van der Waals surface area (Å²) in [5.74, 6) is -0.0836. The van der Waals surface area contributed by atoms with E-state index in [-0.39, 0.29) is 30.4 Å². The van der Waals surface area contributed by atoms with Crippen LogP contribution in [0.5, 0.6) is 0 Å². The lowest BCUT2D eigenvalue weighted by molar-refractivity contribution is -0.138. The molecule has 2 amide bonds.